The van der Waals surface area contributed by atoms with Crippen LogP contribution in [0, 0.1) is 5.92 Å². The minimum absolute atomic E-state index is 0.152. The summed E-state index contributed by atoms with van der Waals surface area (Å²) < 4.78 is 0. The highest BCUT2D eigenvalue weighted by atomic mass is 15.1. The topological polar surface area (TPSA) is 36.4 Å². The Morgan fingerprint density at radius 1 is 0.968 bits per heavy atom. The first kappa shape index (κ1) is 19.6. The summed E-state index contributed by atoms with van der Waals surface area (Å²) in [5, 5.41) is 6.94. The van der Waals surface area contributed by atoms with Crippen molar-refractivity contribution >= 4 is 23.0 Å². The number of nitrogens with zero attached hydrogens (tertiary/aromatic N) is 1. The summed E-state index contributed by atoms with van der Waals surface area (Å²) in [7, 11) is 0. The van der Waals surface area contributed by atoms with Crippen molar-refractivity contribution in [2.45, 2.75) is 33.4 Å². The number of nitrogens with one attached hydrogen (secondary N) is 2. The molecule has 2 aromatic rings. The second-order valence-corrected chi connectivity index (χ2v) is 8.58. The van der Waals surface area contributed by atoms with Gasteiger partial charge >= 0.3 is 0 Å². The van der Waals surface area contributed by atoms with Gasteiger partial charge in [-0.05, 0) is 55.0 Å². The predicted octanol–water partition coefficient (Wildman–Crippen LogP) is 6.44. The fourth-order valence-electron chi connectivity index (χ4n) is 4.70. The van der Waals surface area contributed by atoms with Crippen LogP contribution in [0.2, 0.25) is 0 Å². The molecule has 0 saturated carbocycles. The maximum absolute atomic E-state index is 4.87. The number of rotatable bonds is 3. The molecule has 156 valence electrons. The van der Waals surface area contributed by atoms with Crippen molar-refractivity contribution in [2.75, 3.05) is 11.9 Å². The lowest BCUT2D eigenvalue weighted by Crippen LogP contribution is -2.33. The molecule has 2 aromatic carbocycles. The molecule has 2 N–H and O–H groups in total. The van der Waals surface area contributed by atoms with Crippen molar-refractivity contribution in [1.82, 2.24) is 5.32 Å². The van der Waals surface area contributed by atoms with Gasteiger partial charge in [0.1, 0.15) is 6.17 Å². The molecule has 2 atom stereocenters. The van der Waals surface area contributed by atoms with E-state index in [1.165, 1.54) is 50.5 Å². The highest BCUT2D eigenvalue weighted by molar-refractivity contribution is 6.04. The average Bonchev–Trinajstić information content (AvgIpc) is 2.81. The molecule has 0 saturated heterocycles. The smallest absolute Gasteiger partial charge is 0.115 e. The molecule has 3 nitrogen and oxygen atoms in total. The van der Waals surface area contributed by atoms with Crippen molar-refractivity contribution in [3.05, 3.63) is 89.2 Å². The van der Waals surface area contributed by atoms with E-state index in [0.717, 1.165) is 13.0 Å². The molecular weight excluding hydrogens is 378 g/mol. The van der Waals surface area contributed by atoms with E-state index in [0.29, 0.717) is 5.92 Å². The fourth-order valence-corrected chi connectivity index (χ4v) is 4.70. The number of hydrogen-bond acceptors (Lipinski definition) is 3. The van der Waals surface area contributed by atoms with Gasteiger partial charge in [-0.2, -0.15) is 0 Å². The Bertz CT molecular complexity index is 1160. The van der Waals surface area contributed by atoms with Crippen LogP contribution in [0.5, 0.6) is 0 Å². The minimum atomic E-state index is 0.152. The largest absolute Gasteiger partial charge is 0.381 e. The summed E-state index contributed by atoms with van der Waals surface area (Å²) in [5.74, 6) is 0.359. The Morgan fingerprint density at radius 2 is 1.77 bits per heavy atom. The molecular formula is C28H29N3. The van der Waals surface area contributed by atoms with Crippen LogP contribution in [0.1, 0.15) is 38.3 Å². The van der Waals surface area contributed by atoms with Crippen molar-refractivity contribution < 1.29 is 0 Å². The van der Waals surface area contributed by atoms with Crippen LogP contribution in [0.4, 0.5) is 5.69 Å². The monoisotopic (exact) mass is 407 g/mol. The third-order valence-electron chi connectivity index (χ3n) is 6.48. The first-order valence-corrected chi connectivity index (χ1v) is 11.1. The van der Waals surface area contributed by atoms with Gasteiger partial charge in [-0.25, -0.2) is 0 Å². The maximum atomic E-state index is 4.87. The van der Waals surface area contributed by atoms with Crippen LogP contribution >= 0.6 is 0 Å². The van der Waals surface area contributed by atoms with E-state index < -0.39 is 0 Å². The molecule has 2 unspecified atom stereocenters. The molecule has 0 amide bonds. The van der Waals surface area contributed by atoms with Gasteiger partial charge in [-0.1, -0.05) is 72.8 Å². The summed E-state index contributed by atoms with van der Waals surface area (Å²) in [6.45, 7) is 7.31. The van der Waals surface area contributed by atoms with Gasteiger partial charge < -0.3 is 10.6 Å². The zero-order valence-electron chi connectivity index (χ0n) is 18.4. The number of para-hydroxylation sites is 1. The molecule has 3 heteroatoms. The Morgan fingerprint density at radius 3 is 2.55 bits per heavy atom. The third kappa shape index (κ3) is 3.76. The molecule has 2 heterocycles. The Labute approximate surface area is 185 Å². The van der Waals surface area contributed by atoms with Gasteiger partial charge in [0.15, 0.2) is 0 Å². The van der Waals surface area contributed by atoms with Gasteiger partial charge in [0, 0.05) is 35.1 Å². The summed E-state index contributed by atoms with van der Waals surface area (Å²) in [6.07, 6.45) is 12.4. The van der Waals surface area contributed by atoms with Crippen molar-refractivity contribution in [3.8, 4) is 11.1 Å². The van der Waals surface area contributed by atoms with Crippen molar-refractivity contribution in [2.24, 2.45) is 10.9 Å². The molecule has 2 aliphatic heterocycles. The second kappa shape index (κ2) is 8.07. The Kier molecular flexibility index (Phi) is 5.11. The second-order valence-electron chi connectivity index (χ2n) is 8.58. The fraction of sp³-hybridized carbons (Fsp3) is 0.250. The van der Waals surface area contributed by atoms with Gasteiger partial charge in [-0.3, -0.25) is 4.99 Å². The van der Waals surface area contributed by atoms with E-state index in [-0.39, 0.29) is 6.17 Å². The molecule has 0 spiro atoms. The van der Waals surface area contributed by atoms with E-state index in [4.69, 9.17) is 4.99 Å². The molecule has 5 rings (SSSR count). The summed E-state index contributed by atoms with van der Waals surface area (Å²) >= 11 is 0. The summed E-state index contributed by atoms with van der Waals surface area (Å²) in [5.41, 5.74) is 11.3. The Hall–Kier alpha value is -3.33. The highest BCUT2D eigenvalue weighted by Gasteiger charge is 2.22. The van der Waals surface area contributed by atoms with Gasteiger partial charge in [0.05, 0.1) is 0 Å². The molecule has 0 fully saturated rings. The number of aliphatic imine (C=N–C) groups is 1. The summed E-state index contributed by atoms with van der Waals surface area (Å²) in [4.78, 5) is 4.87. The van der Waals surface area contributed by atoms with E-state index in [1.54, 1.807) is 0 Å². The SMILES string of the molecule is CC1=C(C)C(C2C=CC(c3ccc(-c4cccc5c4NCC=C5)cc3)=CC2)=NC(C)N1. The normalized spacial score (nSPS) is 22.3. The highest BCUT2D eigenvalue weighted by Crippen LogP contribution is 2.35. The lowest BCUT2D eigenvalue weighted by Gasteiger charge is -2.27. The molecule has 0 aromatic heterocycles. The van der Waals surface area contributed by atoms with Crippen LogP contribution in [0.25, 0.3) is 22.8 Å². The van der Waals surface area contributed by atoms with Crippen LogP contribution in [0.15, 0.2) is 83.0 Å². The van der Waals surface area contributed by atoms with E-state index in [2.05, 4.69) is 104 Å². The number of allylic oxidation sites excluding steroid dienone is 6. The molecule has 3 aliphatic rings. The van der Waals surface area contributed by atoms with Crippen LogP contribution in [-0.4, -0.2) is 18.4 Å². The standard InChI is InChI=1S/C28H29N3/c1-18-19(2)30-20(3)31-27(18)25-15-11-22(12-16-25)21-9-13-23(14-10-21)26-8-4-6-24-7-5-17-29-28(24)26/h4-15,20,25,29-30H,16-17H2,1-3H3. The molecule has 1 aliphatic carbocycles. The number of anilines is 1. The average molecular weight is 408 g/mol. The van der Waals surface area contributed by atoms with Gasteiger partial charge in [-0.15, -0.1) is 0 Å². The first-order chi connectivity index (χ1) is 15.1. The lowest BCUT2D eigenvalue weighted by atomic mass is 9.86. The number of fused-ring (bicyclic) bond motifs is 1. The zero-order valence-corrected chi connectivity index (χ0v) is 18.4. The van der Waals surface area contributed by atoms with E-state index in [1.807, 2.05) is 0 Å². The quantitative estimate of drug-likeness (QED) is 0.614. The van der Waals surface area contributed by atoms with Crippen LogP contribution in [-0.2, 0) is 0 Å². The van der Waals surface area contributed by atoms with Crippen LogP contribution < -0.4 is 10.6 Å². The maximum Gasteiger partial charge on any atom is 0.115 e. The summed E-state index contributed by atoms with van der Waals surface area (Å²) in [6, 6.07) is 15.4. The van der Waals surface area contributed by atoms with E-state index >= 15 is 0 Å². The molecule has 0 radical (unpaired) electrons. The number of benzene rings is 2. The third-order valence-corrected chi connectivity index (χ3v) is 6.48. The Balaban J connectivity index is 1.35. The van der Waals surface area contributed by atoms with Crippen molar-refractivity contribution in [1.29, 1.82) is 0 Å². The predicted molar refractivity (Wildman–Crippen MR) is 133 cm³/mol. The minimum Gasteiger partial charge on any atom is -0.381 e. The lowest BCUT2D eigenvalue weighted by molar-refractivity contribution is 0.619. The first-order valence-electron chi connectivity index (χ1n) is 11.1. The zero-order chi connectivity index (χ0) is 21.4. The van der Waals surface area contributed by atoms with Gasteiger partial charge in [0.25, 0.3) is 0 Å². The van der Waals surface area contributed by atoms with Crippen molar-refractivity contribution in [3.63, 3.8) is 0 Å². The number of hydrogen-bond donors (Lipinski definition) is 2. The van der Waals surface area contributed by atoms with Crippen LogP contribution in [0.3, 0.4) is 0 Å². The molecule has 0 bridgehead atoms. The van der Waals surface area contributed by atoms with Gasteiger partial charge in [0.2, 0.25) is 0 Å². The molecule has 31 heavy (non-hydrogen) atoms. The van der Waals surface area contributed by atoms with E-state index in [9.17, 15) is 0 Å².